The van der Waals surface area contributed by atoms with Gasteiger partial charge in [0.05, 0.1) is 0 Å². The Morgan fingerprint density at radius 2 is 2.06 bits per heavy atom. The van der Waals surface area contributed by atoms with Crippen molar-refractivity contribution in [2.45, 2.75) is 45.1 Å². The summed E-state index contributed by atoms with van der Waals surface area (Å²) in [4.78, 5) is 0. The van der Waals surface area contributed by atoms with Gasteiger partial charge in [-0.1, -0.05) is 26.0 Å². The SMILES string of the molecule is CC1CCC(N)(Cc2cccc(F)c2F)C(C)C1. The molecule has 1 aliphatic carbocycles. The van der Waals surface area contributed by atoms with Crippen LogP contribution in [-0.2, 0) is 6.42 Å². The second-order valence-electron chi connectivity index (χ2n) is 5.90. The number of benzene rings is 1. The Kier molecular flexibility index (Phi) is 3.71. The minimum Gasteiger partial charge on any atom is -0.325 e. The maximum atomic E-state index is 13.7. The first-order valence-electron chi connectivity index (χ1n) is 6.64. The molecule has 1 aromatic carbocycles. The normalized spacial score (nSPS) is 32.5. The zero-order chi connectivity index (χ0) is 13.3. The van der Waals surface area contributed by atoms with Crippen LogP contribution in [0.25, 0.3) is 0 Å². The molecule has 0 heterocycles. The van der Waals surface area contributed by atoms with Crippen molar-refractivity contribution in [2.24, 2.45) is 17.6 Å². The van der Waals surface area contributed by atoms with E-state index in [1.54, 1.807) is 12.1 Å². The second kappa shape index (κ2) is 4.96. The molecule has 3 heteroatoms. The molecule has 1 aromatic rings. The molecule has 0 aliphatic heterocycles. The third-order valence-electron chi connectivity index (χ3n) is 4.39. The van der Waals surface area contributed by atoms with Gasteiger partial charge in [0, 0.05) is 5.54 Å². The smallest absolute Gasteiger partial charge is 0.162 e. The molecule has 0 amide bonds. The summed E-state index contributed by atoms with van der Waals surface area (Å²) < 4.78 is 26.9. The molecule has 1 aliphatic rings. The van der Waals surface area contributed by atoms with Crippen LogP contribution in [0.3, 0.4) is 0 Å². The quantitative estimate of drug-likeness (QED) is 0.855. The lowest BCUT2D eigenvalue weighted by atomic mass is 9.68. The highest BCUT2D eigenvalue weighted by Gasteiger charge is 2.37. The Bertz CT molecular complexity index is 433. The van der Waals surface area contributed by atoms with Crippen molar-refractivity contribution < 1.29 is 8.78 Å². The molecule has 1 nitrogen and oxygen atoms in total. The number of nitrogens with two attached hydrogens (primary N) is 1. The van der Waals surface area contributed by atoms with Gasteiger partial charge in [-0.15, -0.1) is 0 Å². The van der Waals surface area contributed by atoms with E-state index in [0.717, 1.165) is 25.3 Å². The summed E-state index contributed by atoms with van der Waals surface area (Å²) in [6.45, 7) is 4.34. The molecular formula is C15H21F2N. The Labute approximate surface area is 107 Å². The maximum absolute atomic E-state index is 13.7. The van der Waals surface area contributed by atoms with Crippen LogP contribution in [0.4, 0.5) is 8.78 Å². The predicted molar refractivity (Wildman–Crippen MR) is 69.2 cm³/mol. The standard InChI is InChI=1S/C15H21F2N/c1-10-6-7-15(18,11(2)8-10)9-12-4-3-5-13(16)14(12)17/h3-5,10-11H,6-9,18H2,1-2H3. The third kappa shape index (κ3) is 2.56. The highest BCUT2D eigenvalue weighted by molar-refractivity contribution is 5.22. The molecule has 1 fully saturated rings. The number of halogens is 2. The van der Waals surface area contributed by atoms with Gasteiger partial charge in [-0.3, -0.25) is 0 Å². The third-order valence-corrected chi connectivity index (χ3v) is 4.39. The van der Waals surface area contributed by atoms with Crippen LogP contribution in [-0.4, -0.2) is 5.54 Å². The molecule has 0 bridgehead atoms. The zero-order valence-electron chi connectivity index (χ0n) is 11.0. The van der Waals surface area contributed by atoms with Crippen molar-refractivity contribution >= 4 is 0 Å². The van der Waals surface area contributed by atoms with Gasteiger partial charge in [0.15, 0.2) is 11.6 Å². The van der Waals surface area contributed by atoms with Crippen LogP contribution in [0, 0.1) is 23.5 Å². The van der Waals surface area contributed by atoms with E-state index in [-0.39, 0.29) is 0 Å². The van der Waals surface area contributed by atoms with E-state index in [1.807, 2.05) is 0 Å². The number of rotatable bonds is 2. The van der Waals surface area contributed by atoms with Crippen LogP contribution in [0.2, 0.25) is 0 Å². The minimum atomic E-state index is -0.784. The molecule has 1 saturated carbocycles. The molecule has 3 unspecified atom stereocenters. The van der Waals surface area contributed by atoms with Gasteiger partial charge in [0.2, 0.25) is 0 Å². The number of hydrogen-bond acceptors (Lipinski definition) is 1. The second-order valence-corrected chi connectivity index (χ2v) is 5.90. The van der Waals surface area contributed by atoms with E-state index in [1.165, 1.54) is 0 Å². The molecular weight excluding hydrogens is 232 g/mol. The van der Waals surface area contributed by atoms with Crippen molar-refractivity contribution in [3.8, 4) is 0 Å². The maximum Gasteiger partial charge on any atom is 0.162 e. The summed E-state index contributed by atoms with van der Waals surface area (Å²) in [5.74, 6) is -0.515. The van der Waals surface area contributed by atoms with E-state index in [2.05, 4.69) is 13.8 Å². The van der Waals surface area contributed by atoms with Crippen LogP contribution >= 0.6 is 0 Å². The van der Waals surface area contributed by atoms with Gasteiger partial charge < -0.3 is 5.73 Å². The summed E-state index contributed by atoms with van der Waals surface area (Å²) in [7, 11) is 0. The van der Waals surface area contributed by atoms with Crippen molar-refractivity contribution in [3.05, 3.63) is 35.4 Å². The molecule has 2 N–H and O–H groups in total. The molecule has 3 atom stereocenters. The van der Waals surface area contributed by atoms with Crippen LogP contribution < -0.4 is 5.73 Å². The fraction of sp³-hybridized carbons (Fsp3) is 0.600. The van der Waals surface area contributed by atoms with Crippen molar-refractivity contribution in [3.63, 3.8) is 0 Å². The molecule has 0 aromatic heterocycles. The first-order chi connectivity index (χ1) is 8.42. The highest BCUT2D eigenvalue weighted by atomic mass is 19.2. The van der Waals surface area contributed by atoms with Crippen molar-refractivity contribution in [2.75, 3.05) is 0 Å². The first-order valence-corrected chi connectivity index (χ1v) is 6.64. The van der Waals surface area contributed by atoms with Crippen LogP contribution in [0.15, 0.2) is 18.2 Å². The summed E-state index contributed by atoms with van der Waals surface area (Å²) in [5, 5.41) is 0. The van der Waals surface area contributed by atoms with Gasteiger partial charge in [0.25, 0.3) is 0 Å². The largest absolute Gasteiger partial charge is 0.325 e. The lowest BCUT2D eigenvalue weighted by Gasteiger charge is -2.42. The van der Waals surface area contributed by atoms with Gasteiger partial charge in [0.1, 0.15) is 0 Å². The number of hydrogen-bond donors (Lipinski definition) is 1. The summed E-state index contributed by atoms with van der Waals surface area (Å²) in [5.41, 5.74) is 6.43. The average Bonchev–Trinajstić information content (AvgIpc) is 2.31. The van der Waals surface area contributed by atoms with Gasteiger partial charge in [-0.05, 0) is 49.1 Å². The monoisotopic (exact) mass is 253 g/mol. The van der Waals surface area contributed by atoms with Gasteiger partial charge in [-0.2, -0.15) is 0 Å². The average molecular weight is 253 g/mol. The Morgan fingerprint density at radius 1 is 1.33 bits per heavy atom. The molecule has 2 rings (SSSR count). The van der Waals surface area contributed by atoms with E-state index in [9.17, 15) is 8.78 Å². The lowest BCUT2D eigenvalue weighted by Crippen LogP contribution is -2.51. The molecule has 18 heavy (non-hydrogen) atoms. The minimum absolute atomic E-state index is 0.337. The van der Waals surface area contributed by atoms with Crippen molar-refractivity contribution in [1.82, 2.24) is 0 Å². The Balaban J connectivity index is 2.20. The Hall–Kier alpha value is -0.960. The lowest BCUT2D eigenvalue weighted by molar-refractivity contribution is 0.162. The van der Waals surface area contributed by atoms with E-state index >= 15 is 0 Å². The predicted octanol–water partition coefficient (Wildman–Crippen LogP) is 3.66. The fourth-order valence-corrected chi connectivity index (χ4v) is 3.02. The van der Waals surface area contributed by atoms with Crippen LogP contribution in [0.1, 0.15) is 38.7 Å². The van der Waals surface area contributed by atoms with E-state index in [0.29, 0.717) is 23.8 Å². The molecule has 0 radical (unpaired) electrons. The fourth-order valence-electron chi connectivity index (χ4n) is 3.02. The van der Waals surface area contributed by atoms with Gasteiger partial charge >= 0.3 is 0 Å². The molecule has 0 saturated heterocycles. The van der Waals surface area contributed by atoms with Gasteiger partial charge in [-0.25, -0.2) is 8.78 Å². The molecule has 0 spiro atoms. The van der Waals surface area contributed by atoms with Crippen LogP contribution in [0.5, 0.6) is 0 Å². The first kappa shape index (κ1) is 13.5. The highest BCUT2D eigenvalue weighted by Crippen LogP contribution is 2.37. The summed E-state index contributed by atoms with van der Waals surface area (Å²) in [6, 6.07) is 4.33. The van der Waals surface area contributed by atoms with E-state index < -0.39 is 17.2 Å². The summed E-state index contributed by atoms with van der Waals surface area (Å²) in [6.07, 6.45) is 3.43. The summed E-state index contributed by atoms with van der Waals surface area (Å²) >= 11 is 0. The topological polar surface area (TPSA) is 26.0 Å². The van der Waals surface area contributed by atoms with E-state index in [4.69, 9.17) is 5.73 Å². The zero-order valence-corrected chi connectivity index (χ0v) is 11.0. The molecule has 100 valence electrons. The van der Waals surface area contributed by atoms with Crippen molar-refractivity contribution in [1.29, 1.82) is 0 Å². The Morgan fingerprint density at radius 3 is 2.72 bits per heavy atom.